The van der Waals surface area contributed by atoms with Gasteiger partial charge in [0.15, 0.2) is 11.5 Å². The van der Waals surface area contributed by atoms with Crippen molar-refractivity contribution in [1.82, 2.24) is 10.3 Å². The first-order chi connectivity index (χ1) is 9.70. The Morgan fingerprint density at radius 2 is 2.05 bits per heavy atom. The fraction of sp³-hybridized carbons (Fsp3) is 0.267. The molecule has 106 valence electrons. The molecular formula is C15H17ClN2O2. The van der Waals surface area contributed by atoms with Crippen molar-refractivity contribution in [2.75, 3.05) is 13.7 Å². The van der Waals surface area contributed by atoms with E-state index in [0.717, 1.165) is 18.5 Å². The van der Waals surface area contributed by atoms with Gasteiger partial charge in [0.05, 0.1) is 7.11 Å². The van der Waals surface area contributed by atoms with Gasteiger partial charge >= 0.3 is 0 Å². The molecule has 2 rings (SSSR count). The van der Waals surface area contributed by atoms with Gasteiger partial charge < -0.3 is 15.2 Å². The number of rotatable bonds is 6. The fourth-order valence-corrected chi connectivity index (χ4v) is 2.15. The minimum Gasteiger partial charge on any atom is -0.504 e. The number of phenolic OH excluding ortho intramolecular Hbond substituents is 1. The molecule has 0 aliphatic carbocycles. The molecule has 2 N–H and O–H groups in total. The predicted octanol–water partition coefficient (Wildman–Crippen LogP) is 2.78. The van der Waals surface area contributed by atoms with Gasteiger partial charge in [0.1, 0.15) is 0 Å². The molecule has 1 aromatic carbocycles. The average Bonchev–Trinajstić information content (AvgIpc) is 2.47. The molecule has 0 atom stereocenters. The van der Waals surface area contributed by atoms with Crippen molar-refractivity contribution < 1.29 is 9.84 Å². The Bertz CT molecular complexity index is 561. The first kappa shape index (κ1) is 14.6. The molecule has 0 aliphatic heterocycles. The number of hydrogen-bond acceptors (Lipinski definition) is 4. The first-order valence-electron chi connectivity index (χ1n) is 6.35. The third-order valence-corrected chi connectivity index (χ3v) is 3.21. The van der Waals surface area contributed by atoms with E-state index in [0.29, 0.717) is 17.3 Å². The summed E-state index contributed by atoms with van der Waals surface area (Å²) in [5.41, 5.74) is 1.95. The summed E-state index contributed by atoms with van der Waals surface area (Å²) >= 11 is 5.98. The van der Waals surface area contributed by atoms with Crippen molar-refractivity contribution in [2.24, 2.45) is 0 Å². The third-order valence-electron chi connectivity index (χ3n) is 2.99. The molecule has 0 spiro atoms. The van der Waals surface area contributed by atoms with E-state index >= 15 is 0 Å². The minimum atomic E-state index is 0.133. The second kappa shape index (κ2) is 7.12. The number of phenols is 1. The van der Waals surface area contributed by atoms with Gasteiger partial charge in [-0.2, -0.15) is 0 Å². The highest BCUT2D eigenvalue weighted by Gasteiger charge is 2.09. The highest BCUT2D eigenvalue weighted by molar-refractivity contribution is 6.30. The van der Waals surface area contributed by atoms with Crippen molar-refractivity contribution in [3.8, 4) is 11.5 Å². The summed E-state index contributed by atoms with van der Waals surface area (Å²) in [6, 6.07) is 7.30. The van der Waals surface area contributed by atoms with Crippen LogP contribution in [0.2, 0.25) is 5.02 Å². The van der Waals surface area contributed by atoms with Crippen molar-refractivity contribution in [2.45, 2.75) is 13.0 Å². The summed E-state index contributed by atoms with van der Waals surface area (Å²) in [6.07, 6.45) is 4.47. The monoisotopic (exact) mass is 292 g/mol. The molecule has 0 radical (unpaired) electrons. The topological polar surface area (TPSA) is 54.4 Å². The highest BCUT2D eigenvalue weighted by Crippen LogP contribution is 2.33. The van der Waals surface area contributed by atoms with E-state index in [-0.39, 0.29) is 5.75 Å². The Morgan fingerprint density at radius 3 is 2.75 bits per heavy atom. The summed E-state index contributed by atoms with van der Waals surface area (Å²) < 4.78 is 5.07. The Balaban J connectivity index is 1.90. The number of hydrogen-bond donors (Lipinski definition) is 2. The van der Waals surface area contributed by atoms with Crippen molar-refractivity contribution in [1.29, 1.82) is 0 Å². The van der Waals surface area contributed by atoms with Gasteiger partial charge in [-0.15, -0.1) is 0 Å². The molecule has 0 amide bonds. The van der Waals surface area contributed by atoms with Crippen LogP contribution in [0.1, 0.15) is 11.1 Å². The number of halogens is 1. The molecular weight excluding hydrogens is 276 g/mol. The summed E-state index contributed by atoms with van der Waals surface area (Å²) in [7, 11) is 1.51. The van der Waals surface area contributed by atoms with Crippen molar-refractivity contribution in [3.63, 3.8) is 0 Å². The van der Waals surface area contributed by atoms with E-state index in [2.05, 4.69) is 10.3 Å². The average molecular weight is 293 g/mol. The molecule has 1 heterocycles. The van der Waals surface area contributed by atoms with E-state index in [1.807, 2.05) is 12.1 Å². The summed E-state index contributed by atoms with van der Waals surface area (Å²) in [4.78, 5) is 3.98. The molecule has 0 fully saturated rings. The Kier molecular flexibility index (Phi) is 5.21. The van der Waals surface area contributed by atoms with Crippen LogP contribution in [0.4, 0.5) is 0 Å². The third kappa shape index (κ3) is 3.85. The van der Waals surface area contributed by atoms with Gasteiger partial charge in [-0.25, -0.2) is 0 Å². The fourth-order valence-electron chi connectivity index (χ4n) is 1.92. The largest absolute Gasteiger partial charge is 0.504 e. The van der Waals surface area contributed by atoms with E-state index in [4.69, 9.17) is 16.3 Å². The molecule has 0 aliphatic rings. The number of methoxy groups -OCH3 is 1. The molecule has 4 nitrogen and oxygen atoms in total. The van der Waals surface area contributed by atoms with E-state index < -0.39 is 0 Å². The second-order valence-electron chi connectivity index (χ2n) is 4.40. The quantitative estimate of drug-likeness (QED) is 0.804. The van der Waals surface area contributed by atoms with Crippen LogP contribution in [0, 0.1) is 0 Å². The van der Waals surface area contributed by atoms with E-state index in [1.54, 1.807) is 24.5 Å². The van der Waals surface area contributed by atoms with Crippen LogP contribution in [0.15, 0.2) is 36.7 Å². The lowest BCUT2D eigenvalue weighted by Gasteiger charge is -2.11. The normalized spacial score (nSPS) is 10.5. The van der Waals surface area contributed by atoms with Crippen LogP contribution >= 0.6 is 11.6 Å². The molecule has 0 saturated carbocycles. The summed E-state index contributed by atoms with van der Waals surface area (Å²) in [5, 5.41) is 13.8. The summed E-state index contributed by atoms with van der Waals surface area (Å²) in [6.45, 7) is 1.34. The van der Waals surface area contributed by atoms with Crippen molar-refractivity contribution >= 4 is 11.6 Å². The van der Waals surface area contributed by atoms with Crippen molar-refractivity contribution in [3.05, 3.63) is 52.8 Å². The van der Waals surface area contributed by atoms with Crippen LogP contribution in [0.3, 0.4) is 0 Å². The number of benzene rings is 1. The summed E-state index contributed by atoms with van der Waals surface area (Å²) in [5.74, 6) is 0.525. The zero-order valence-corrected chi connectivity index (χ0v) is 12.0. The number of nitrogens with zero attached hydrogens (tertiary/aromatic N) is 1. The molecule has 2 aromatic rings. The van der Waals surface area contributed by atoms with Gasteiger partial charge in [-0.3, -0.25) is 4.98 Å². The number of aromatic hydroxyl groups is 1. The lowest BCUT2D eigenvalue weighted by molar-refractivity contribution is 0.369. The maximum absolute atomic E-state index is 10.00. The molecule has 0 bridgehead atoms. The number of ether oxygens (including phenoxy) is 1. The molecule has 1 aromatic heterocycles. The van der Waals surface area contributed by atoms with E-state index in [9.17, 15) is 5.11 Å². The maximum atomic E-state index is 10.00. The maximum Gasteiger partial charge on any atom is 0.162 e. The van der Waals surface area contributed by atoms with Gasteiger partial charge in [0, 0.05) is 35.6 Å². The standard InChI is InChI=1S/C15H17ClN2O2/c1-20-14-9-13(16)8-12(15(14)19)10-18-7-4-11-2-5-17-6-3-11/h2-3,5-6,8-9,18-19H,4,7,10H2,1H3. The number of nitrogens with one attached hydrogen (secondary N) is 1. The second-order valence-corrected chi connectivity index (χ2v) is 4.83. The smallest absolute Gasteiger partial charge is 0.162 e. The van der Waals surface area contributed by atoms with Crippen LogP contribution in [-0.2, 0) is 13.0 Å². The van der Waals surface area contributed by atoms with Gasteiger partial charge in [-0.1, -0.05) is 11.6 Å². The molecule has 0 unspecified atom stereocenters. The van der Waals surface area contributed by atoms with Gasteiger partial charge in [0.2, 0.25) is 0 Å². The SMILES string of the molecule is COc1cc(Cl)cc(CNCCc2ccncc2)c1O. The van der Waals surface area contributed by atoms with Crippen LogP contribution in [-0.4, -0.2) is 23.7 Å². The number of pyridine rings is 1. The minimum absolute atomic E-state index is 0.133. The molecule has 20 heavy (non-hydrogen) atoms. The van der Waals surface area contributed by atoms with Crippen LogP contribution in [0.25, 0.3) is 0 Å². The van der Waals surface area contributed by atoms with Crippen LogP contribution in [0.5, 0.6) is 11.5 Å². The van der Waals surface area contributed by atoms with Crippen LogP contribution < -0.4 is 10.1 Å². The van der Waals surface area contributed by atoms with E-state index in [1.165, 1.54) is 12.7 Å². The Morgan fingerprint density at radius 1 is 1.30 bits per heavy atom. The zero-order chi connectivity index (χ0) is 14.4. The Hall–Kier alpha value is -1.78. The molecule has 5 heteroatoms. The molecule has 0 saturated heterocycles. The Labute approximate surface area is 123 Å². The highest BCUT2D eigenvalue weighted by atomic mass is 35.5. The lowest BCUT2D eigenvalue weighted by Crippen LogP contribution is -2.16. The van der Waals surface area contributed by atoms with Gasteiger partial charge in [0.25, 0.3) is 0 Å². The first-order valence-corrected chi connectivity index (χ1v) is 6.73. The lowest BCUT2D eigenvalue weighted by atomic mass is 10.1. The predicted molar refractivity (Wildman–Crippen MR) is 79.3 cm³/mol. The number of aromatic nitrogens is 1. The van der Waals surface area contributed by atoms with Gasteiger partial charge in [-0.05, 0) is 36.7 Å². The zero-order valence-electron chi connectivity index (χ0n) is 11.3.